The molecule has 0 aliphatic carbocycles. The molecule has 0 spiro atoms. The van der Waals surface area contributed by atoms with Crippen LogP contribution in [0.2, 0.25) is 0 Å². The number of nitrogens with zero attached hydrogens (tertiary/aromatic N) is 3. The van der Waals surface area contributed by atoms with Crippen LogP contribution >= 0.6 is 15.9 Å². The van der Waals surface area contributed by atoms with Crippen molar-refractivity contribution in [3.63, 3.8) is 0 Å². The molecule has 3 rings (SSSR count). The van der Waals surface area contributed by atoms with Crippen molar-refractivity contribution in [3.05, 3.63) is 81.1 Å². The van der Waals surface area contributed by atoms with Gasteiger partial charge in [-0.15, -0.1) is 0 Å². The second kappa shape index (κ2) is 8.61. The van der Waals surface area contributed by atoms with E-state index < -0.39 is 0 Å². The Bertz CT molecular complexity index is 983. The van der Waals surface area contributed by atoms with Gasteiger partial charge >= 0.3 is 0 Å². The Hall–Kier alpha value is -2.60. The van der Waals surface area contributed by atoms with Crippen molar-refractivity contribution in [1.29, 1.82) is 0 Å². The van der Waals surface area contributed by atoms with Gasteiger partial charge in [0, 0.05) is 29.3 Å². The van der Waals surface area contributed by atoms with Crippen LogP contribution in [0.3, 0.4) is 0 Å². The zero-order chi connectivity index (χ0) is 20.3. The summed E-state index contributed by atoms with van der Waals surface area (Å²) in [6, 6.07) is 15.9. The van der Waals surface area contributed by atoms with Gasteiger partial charge < -0.3 is 9.64 Å². The lowest BCUT2D eigenvalue weighted by Gasteiger charge is -2.19. The van der Waals surface area contributed by atoms with Crippen LogP contribution < -0.4 is 4.74 Å². The van der Waals surface area contributed by atoms with Crippen molar-refractivity contribution in [2.45, 2.75) is 26.9 Å². The molecule has 0 radical (unpaired) electrons. The monoisotopic (exact) mass is 441 g/mol. The van der Waals surface area contributed by atoms with Gasteiger partial charge in [-0.05, 0) is 37.6 Å². The molecule has 0 unspecified atom stereocenters. The number of carbonyl (C=O) groups is 1. The molecule has 146 valence electrons. The Morgan fingerprint density at radius 1 is 1.18 bits per heavy atom. The largest absolute Gasteiger partial charge is 0.496 e. The molecule has 0 aliphatic heterocycles. The maximum Gasteiger partial charge on any atom is 0.257 e. The van der Waals surface area contributed by atoms with Gasteiger partial charge in [-0.1, -0.05) is 46.3 Å². The van der Waals surface area contributed by atoms with E-state index >= 15 is 0 Å². The average Bonchev–Trinajstić information content (AvgIpc) is 2.95. The highest BCUT2D eigenvalue weighted by Gasteiger charge is 2.22. The topological polar surface area (TPSA) is 47.4 Å². The molecule has 0 saturated heterocycles. The molecule has 1 aromatic heterocycles. The highest BCUT2D eigenvalue weighted by Crippen LogP contribution is 2.25. The Morgan fingerprint density at radius 2 is 1.89 bits per heavy atom. The maximum atomic E-state index is 13.2. The molecule has 28 heavy (non-hydrogen) atoms. The van der Waals surface area contributed by atoms with E-state index in [4.69, 9.17) is 4.74 Å². The fourth-order valence-electron chi connectivity index (χ4n) is 3.31. The van der Waals surface area contributed by atoms with Crippen LogP contribution in [0.4, 0.5) is 0 Å². The second-order valence-corrected chi connectivity index (χ2v) is 7.72. The lowest BCUT2D eigenvalue weighted by atomic mass is 10.1. The zero-order valence-electron chi connectivity index (χ0n) is 16.6. The molecule has 0 bridgehead atoms. The van der Waals surface area contributed by atoms with Crippen molar-refractivity contribution < 1.29 is 9.53 Å². The van der Waals surface area contributed by atoms with Crippen molar-refractivity contribution in [2.75, 3.05) is 14.2 Å². The predicted molar refractivity (Wildman–Crippen MR) is 114 cm³/mol. The lowest BCUT2D eigenvalue weighted by molar-refractivity contribution is 0.0782. The average molecular weight is 442 g/mol. The number of hydrogen-bond acceptors (Lipinski definition) is 3. The highest BCUT2D eigenvalue weighted by atomic mass is 79.9. The molecule has 0 aliphatic rings. The fourth-order valence-corrected chi connectivity index (χ4v) is 3.71. The van der Waals surface area contributed by atoms with Crippen LogP contribution in [-0.2, 0) is 13.1 Å². The summed E-state index contributed by atoms with van der Waals surface area (Å²) in [4.78, 5) is 14.9. The third kappa shape index (κ3) is 4.28. The number of ether oxygens (including phenoxy) is 1. The quantitative estimate of drug-likeness (QED) is 0.561. The van der Waals surface area contributed by atoms with E-state index in [1.807, 2.05) is 54.9 Å². The fraction of sp³-hybridized carbons (Fsp3) is 0.273. The number of carbonyl (C=O) groups excluding carboxylic acids is 1. The molecule has 0 N–H and O–H groups in total. The van der Waals surface area contributed by atoms with Gasteiger partial charge in [-0.25, -0.2) is 0 Å². The molecule has 0 fully saturated rings. The molecular formula is C22H24BrN3O2. The van der Waals surface area contributed by atoms with Crippen LogP contribution in [-0.4, -0.2) is 34.7 Å². The summed E-state index contributed by atoms with van der Waals surface area (Å²) in [6.45, 7) is 4.92. The molecule has 0 atom stereocenters. The van der Waals surface area contributed by atoms with Crippen molar-refractivity contribution in [1.82, 2.24) is 14.7 Å². The molecule has 6 heteroatoms. The van der Waals surface area contributed by atoms with Gasteiger partial charge in [0.2, 0.25) is 0 Å². The minimum atomic E-state index is -0.0451. The molecule has 2 aromatic carbocycles. The van der Waals surface area contributed by atoms with Crippen LogP contribution in [0.5, 0.6) is 5.75 Å². The standard InChI is InChI=1S/C22H24BrN3O2/c1-15-21(16(2)26(24-15)13-17-8-6-5-7-9-17)22(27)25(3)14-18-12-19(23)10-11-20(18)28-4/h5-12H,13-14H2,1-4H3. The van der Waals surface area contributed by atoms with Crippen LogP contribution in [0.1, 0.15) is 32.9 Å². The zero-order valence-corrected chi connectivity index (χ0v) is 18.2. The van der Waals surface area contributed by atoms with Crippen LogP contribution in [0, 0.1) is 13.8 Å². The summed E-state index contributed by atoms with van der Waals surface area (Å²) in [5, 5.41) is 4.60. The SMILES string of the molecule is COc1ccc(Br)cc1CN(C)C(=O)c1c(C)nn(Cc2ccccc2)c1C. The minimum Gasteiger partial charge on any atom is -0.496 e. The van der Waals surface area contributed by atoms with Crippen molar-refractivity contribution >= 4 is 21.8 Å². The first kappa shape index (κ1) is 20.1. The van der Waals surface area contributed by atoms with Gasteiger partial charge in [0.05, 0.1) is 24.9 Å². The lowest BCUT2D eigenvalue weighted by Crippen LogP contribution is -2.27. The smallest absolute Gasteiger partial charge is 0.257 e. The van der Waals surface area contributed by atoms with E-state index in [9.17, 15) is 4.79 Å². The molecular weight excluding hydrogens is 418 g/mol. The minimum absolute atomic E-state index is 0.0451. The van der Waals surface area contributed by atoms with E-state index in [0.717, 1.165) is 32.7 Å². The van der Waals surface area contributed by atoms with Gasteiger partial charge in [0.1, 0.15) is 5.75 Å². The Balaban J connectivity index is 1.83. The number of amides is 1. The summed E-state index contributed by atoms with van der Waals surface area (Å²) in [5.41, 5.74) is 4.37. The first-order valence-corrected chi connectivity index (χ1v) is 9.85. The Morgan fingerprint density at radius 3 is 2.57 bits per heavy atom. The third-order valence-corrected chi connectivity index (χ3v) is 5.26. The Labute approximate surface area is 174 Å². The molecule has 1 heterocycles. The number of aryl methyl sites for hydroxylation is 1. The van der Waals surface area contributed by atoms with E-state index in [1.54, 1.807) is 19.1 Å². The van der Waals surface area contributed by atoms with E-state index in [0.29, 0.717) is 18.7 Å². The summed E-state index contributed by atoms with van der Waals surface area (Å²) in [6.07, 6.45) is 0. The number of rotatable bonds is 6. The number of halogens is 1. The first-order chi connectivity index (χ1) is 13.4. The van der Waals surface area contributed by atoms with E-state index in [-0.39, 0.29) is 5.91 Å². The molecule has 5 nitrogen and oxygen atoms in total. The number of hydrogen-bond donors (Lipinski definition) is 0. The number of aromatic nitrogens is 2. The van der Waals surface area contributed by atoms with Crippen LogP contribution in [0.15, 0.2) is 53.0 Å². The summed E-state index contributed by atoms with van der Waals surface area (Å²) in [5.74, 6) is 0.715. The van der Waals surface area contributed by atoms with Crippen molar-refractivity contribution in [3.8, 4) is 5.75 Å². The third-order valence-electron chi connectivity index (χ3n) is 4.77. The highest BCUT2D eigenvalue weighted by molar-refractivity contribution is 9.10. The Kier molecular flexibility index (Phi) is 6.19. The summed E-state index contributed by atoms with van der Waals surface area (Å²) < 4.78 is 8.27. The summed E-state index contributed by atoms with van der Waals surface area (Å²) >= 11 is 3.48. The predicted octanol–water partition coefficient (Wildman–Crippen LogP) is 4.59. The number of methoxy groups -OCH3 is 1. The van der Waals surface area contributed by atoms with E-state index in [2.05, 4.69) is 33.2 Å². The van der Waals surface area contributed by atoms with Crippen molar-refractivity contribution in [2.24, 2.45) is 0 Å². The first-order valence-electron chi connectivity index (χ1n) is 9.06. The number of benzene rings is 2. The van der Waals surface area contributed by atoms with Gasteiger partial charge in [0.15, 0.2) is 0 Å². The van der Waals surface area contributed by atoms with Gasteiger partial charge in [0.25, 0.3) is 5.91 Å². The maximum absolute atomic E-state index is 13.2. The molecule has 3 aromatic rings. The molecule has 1 amide bonds. The second-order valence-electron chi connectivity index (χ2n) is 6.81. The van der Waals surface area contributed by atoms with Crippen LogP contribution in [0.25, 0.3) is 0 Å². The summed E-state index contributed by atoms with van der Waals surface area (Å²) in [7, 11) is 3.44. The van der Waals surface area contributed by atoms with Gasteiger partial charge in [-0.3, -0.25) is 9.48 Å². The van der Waals surface area contributed by atoms with Gasteiger partial charge in [-0.2, -0.15) is 5.10 Å². The van der Waals surface area contributed by atoms with E-state index in [1.165, 1.54) is 0 Å². The normalized spacial score (nSPS) is 10.8. The molecule has 0 saturated carbocycles.